The number of pyridine rings is 1. The van der Waals surface area contributed by atoms with E-state index in [-0.39, 0.29) is 12.5 Å². The van der Waals surface area contributed by atoms with E-state index in [1.165, 1.54) is 0 Å². The number of benzene rings is 1. The molecule has 8 nitrogen and oxygen atoms in total. The average molecular weight is 546 g/mol. The van der Waals surface area contributed by atoms with Crippen LogP contribution in [0.25, 0.3) is 0 Å². The molecule has 36 heavy (non-hydrogen) atoms. The highest BCUT2D eigenvalue weighted by Crippen LogP contribution is 2.45. The second-order valence-corrected chi connectivity index (χ2v) is 8.57. The number of alkyl halides is 3. The molecule has 1 aromatic carbocycles. The Morgan fingerprint density at radius 1 is 1.28 bits per heavy atom. The fourth-order valence-corrected chi connectivity index (χ4v) is 4.16. The molecular formula is C23H24Cl2F3N5O3. The third kappa shape index (κ3) is 6.92. The van der Waals surface area contributed by atoms with E-state index in [2.05, 4.69) is 24.1 Å². The van der Waals surface area contributed by atoms with Crippen LogP contribution in [0.1, 0.15) is 37.9 Å². The zero-order valence-electron chi connectivity index (χ0n) is 19.7. The number of anilines is 4. The molecule has 1 aliphatic rings. The Labute approximate surface area is 216 Å². The zero-order valence-corrected chi connectivity index (χ0v) is 21.2. The van der Waals surface area contributed by atoms with Gasteiger partial charge in [0, 0.05) is 18.8 Å². The van der Waals surface area contributed by atoms with Crippen molar-refractivity contribution in [3.63, 3.8) is 0 Å². The molecule has 0 bridgehead atoms. The van der Waals surface area contributed by atoms with Crippen molar-refractivity contribution in [2.45, 2.75) is 39.8 Å². The van der Waals surface area contributed by atoms with Gasteiger partial charge in [-0.05, 0) is 38.5 Å². The Hall–Kier alpha value is -3.23. The number of carboxylic acid groups (broad SMARTS) is 1. The Balaban J connectivity index is 0.000000572. The predicted octanol–water partition coefficient (Wildman–Crippen LogP) is 5.92. The number of amides is 1. The lowest BCUT2D eigenvalue weighted by molar-refractivity contribution is -0.192. The van der Waals surface area contributed by atoms with Gasteiger partial charge in [0.15, 0.2) is 5.82 Å². The van der Waals surface area contributed by atoms with E-state index in [4.69, 9.17) is 43.3 Å². The molecule has 2 heterocycles. The summed E-state index contributed by atoms with van der Waals surface area (Å²) in [5.41, 5.74) is 3.25. The van der Waals surface area contributed by atoms with E-state index >= 15 is 0 Å². The van der Waals surface area contributed by atoms with E-state index in [9.17, 15) is 18.0 Å². The fourth-order valence-electron chi connectivity index (χ4n) is 3.47. The summed E-state index contributed by atoms with van der Waals surface area (Å²) in [6.45, 7) is 7.90. The van der Waals surface area contributed by atoms with Crippen LogP contribution in [0.5, 0.6) is 0 Å². The number of halogens is 5. The van der Waals surface area contributed by atoms with E-state index in [1.54, 1.807) is 17.0 Å². The highest BCUT2D eigenvalue weighted by Gasteiger charge is 2.38. The van der Waals surface area contributed by atoms with Gasteiger partial charge in [0.25, 0.3) is 0 Å². The van der Waals surface area contributed by atoms with Crippen LogP contribution in [0.2, 0.25) is 10.0 Å². The van der Waals surface area contributed by atoms with Crippen molar-refractivity contribution in [3.8, 4) is 6.07 Å². The highest BCUT2D eigenvalue weighted by atomic mass is 35.5. The topological polar surface area (TPSA) is 110 Å². The lowest BCUT2D eigenvalue weighted by Gasteiger charge is -2.35. The molecule has 0 saturated heterocycles. The van der Waals surface area contributed by atoms with Gasteiger partial charge in [0.2, 0.25) is 5.91 Å². The van der Waals surface area contributed by atoms with Gasteiger partial charge < -0.3 is 20.2 Å². The summed E-state index contributed by atoms with van der Waals surface area (Å²) < 4.78 is 31.7. The molecule has 13 heteroatoms. The van der Waals surface area contributed by atoms with Crippen LogP contribution in [-0.2, 0) is 9.59 Å². The van der Waals surface area contributed by atoms with E-state index in [0.717, 1.165) is 37.3 Å². The summed E-state index contributed by atoms with van der Waals surface area (Å²) in [5.74, 6) is -2.33. The molecule has 0 radical (unpaired) electrons. The van der Waals surface area contributed by atoms with Crippen molar-refractivity contribution in [2.24, 2.45) is 0 Å². The lowest BCUT2D eigenvalue weighted by Crippen LogP contribution is -2.38. The molecule has 0 saturated carbocycles. The third-order valence-corrected chi connectivity index (χ3v) is 5.67. The van der Waals surface area contributed by atoms with Crippen molar-refractivity contribution in [1.29, 1.82) is 5.26 Å². The average Bonchev–Trinajstić information content (AvgIpc) is 2.79. The molecule has 0 spiro atoms. The maximum Gasteiger partial charge on any atom is 0.490 e. The molecule has 0 atom stereocenters. The van der Waals surface area contributed by atoms with E-state index < -0.39 is 12.1 Å². The number of nitrogens with zero attached hydrogens (tertiary/aromatic N) is 4. The van der Waals surface area contributed by atoms with Gasteiger partial charge in [-0.2, -0.15) is 18.4 Å². The number of hydrogen-bond donors (Lipinski definition) is 2. The number of nitrogens with one attached hydrogen (secondary N) is 1. The minimum Gasteiger partial charge on any atom is -0.475 e. The van der Waals surface area contributed by atoms with Crippen LogP contribution in [0.4, 0.5) is 36.1 Å². The minimum absolute atomic E-state index is 0.0370. The van der Waals surface area contributed by atoms with Crippen molar-refractivity contribution >= 4 is 58.0 Å². The molecule has 1 aromatic heterocycles. The smallest absolute Gasteiger partial charge is 0.475 e. The summed E-state index contributed by atoms with van der Waals surface area (Å²) in [6.07, 6.45) is -2.95. The maximum atomic E-state index is 12.6. The zero-order chi connectivity index (χ0) is 27.2. The Bertz CT molecular complexity index is 1160. The number of carboxylic acids is 1. The molecule has 1 aliphatic heterocycles. The predicted molar refractivity (Wildman–Crippen MR) is 132 cm³/mol. The number of nitriles is 1. The molecule has 3 rings (SSSR count). The first-order valence-electron chi connectivity index (χ1n) is 10.9. The molecule has 2 N–H and O–H groups in total. The monoisotopic (exact) mass is 545 g/mol. The number of carbonyl (C=O) groups is 2. The van der Waals surface area contributed by atoms with Crippen molar-refractivity contribution in [3.05, 3.63) is 39.5 Å². The quantitative estimate of drug-likeness (QED) is 0.463. The Kier molecular flexibility index (Phi) is 9.78. The van der Waals surface area contributed by atoms with Crippen molar-refractivity contribution in [2.75, 3.05) is 34.8 Å². The summed E-state index contributed by atoms with van der Waals surface area (Å²) in [4.78, 5) is 30.1. The number of fused-ring (bicyclic) bond motifs is 1. The van der Waals surface area contributed by atoms with Crippen LogP contribution in [0.3, 0.4) is 0 Å². The summed E-state index contributed by atoms with van der Waals surface area (Å²) in [6, 6.07) is 7.12. The van der Waals surface area contributed by atoms with Crippen LogP contribution in [0.15, 0.2) is 18.2 Å². The number of aryl methyl sites for hydroxylation is 1. The third-order valence-electron chi connectivity index (χ3n) is 5.09. The number of aromatic nitrogens is 1. The first kappa shape index (κ1) is 29.0. The standard InChI is InChI=1S/C21H23Cl2N5O.C2HF3O2/c1-4-6-7-27(5-2)17-8-13(3)25-21-19(17)26-18(29)12-28(21)20-15(22)9-14(11-24)10-16(20)23;3-2(4,5)1(6)7/h8-10H,4-7,12H2,1-3H3,(H,26,29);(H,6,7). The lowest BCUT2D eigenvalue weighted by atomic mass is 10.1. The van der Waals surface area contributed by atoms with E-state index in [1.807, 2.05) is 19.1 Å². The van der Waals surface area contributed by atoms with Gasteiger partial charge in [-0.15, -0.1) is 0 Å². The molecule has 0 unspecified atom stereocenters. The maximum absolute atomic E-state index is 12.6. The van der Waals surface area contributed by atoms with Gasteiger partial charge in [0.1, 0.15) is 12.2 Å². The molecule has 2 aromatic rings. The van der Waals surface area contributed by atoms with Gasteiger partial charge in [0.05, 0.1) is 33.1 Å². The second-order valence-electron chi connectivity index (χ2n) is 7.75. The summed E-state index contributed by atoms with van der Waals surface area (Å²) in [7, 11) is 0. The van der Waals surface area contributed by atoms with Crippen molar-refractivity contribution in [1.82, 2.24) is 4.98 Å². The molecule has 0 fully saturated rings. The largest absolute Gasteiger partial charge is 0.490 e. The number of aliphatic carboxylic acids is 1. The van der Waals surface area contributed by atoms with E-state index in [0.29, 0.717) is 32.8 Å². The first-order valence-corrected chi connectivity index (χ1v) is 11.6. The van der Waals surface area contributed by atoms with Gasteiger partial charge in [-0.1, -0.05) is 36.5 Å². The molecule has 0 aliphatic carbocycles. The first-order chi connectivity index (χ1) is 16.8. The number of hydrogen-bond acceptors (Lipinski definition) is 6. The van der Waals surface area contributed by atoms with Crippen molar-refractivity contribution < 1.29 is 27.9 Å². The Morgan fingerprint density at radius 3 is 2.33 bits per heavy atom. The molecular weight excluding hydrogens is 522 g/mol. The second kappa shape index (κ2) is 12.1. The van der Waals surface area contributed by atoms with Gasteiger partial charge in [-0.3, -0.25) is 4.79 Å². The SMILES string of the molecule is CCCCN(CC)c1cc(C)nc2c1NC(=O)CN2c1c(Cl)cc(C#N)cc1Cl.O=C(O)C(F)(F)F. The van der Waals surface area contributed by atoms with Crippen LogP contribution >= 0.6 is 23.2 Å². The minimum atomic E-state index is -5.08. The highest BCUT2D eigenvalue weighted by molar-refractivity contribution is 6.39. The normalized spacial score (nSPS) is 12.6. The summed E-state index contributed by atoms with van der Waals surface area (Å²) >= 11 is 12.9. The van der Waals surface area contributed by atoms with Crippen LogP contribution in [0, 0.1) is 18.3 Å². The number of unbranched alkanes of at least 4 members (excludes halogenated alkanes) is 1. The molecule has 1 amide bonds. The fraction of sp³-hybridized carbons (Fsp3) is 0.391. The Morgan fingerprint density at radius 2 is 1.86 bits per heavy atom. The van der Waals surface area contributed by atoms with Gasteiger partial charge >= 0.3 is 12.1 Å². The van der Waals surface area contributed by atoms with Crippen LogP contribution < -0.4 is 15.1 Å². The van der Waals surface area contributed by atoms with Gasteiger partial charge in [-0.25, -0.2) is 9.78 Å². The molecule has 194 valence electrons. The number of rotatable bonds is 6. The summed E-state index contributed by atoms with van der Waals surface area (Å²) in [5, 5.41) is 19.9. The number of carbonyl (C=O) groups excluding carboxylic acids is 1. The van der Waals surface area contributed by atoms with Crippen LogP contribution in [-0.4, -0.2) is 47.8 Å².